The summed E-state index contributed by atoms with van der Waals surface area (Å²) < 4.78 is 7.00. The van der Waals surface area contributed by atoms with Gasteiger partial charge in [-0.05, 0) is 28.5 Å². The van der Waals surface area contributed by atoms with Crippen molar-refractivity contribution >= 4 is 36.3 Å². The molecule has 0 bridgehead atoms. The van der Waals surface area contributed by atoms with Crippen molar-refractivity contribution in [3.8, 4) is 0 Å². The van der Waals surface area contributed by atoms with E-state index in [0.29, 0.717) is 6.61 Å². The molecule has 0 radical (unpaired) electrons. The summed E-state index contributed by atoms with van der Waals surface area (Å²) in [5.41, 5.74) is 1.09. The molecule has 0 fully saturated rings. The number of hydrogen-bond acceptors (Lipinski definition) is 4. The third-order valence-electron chi connectivity index (χ3n) is 1.91. The number of esters is 1. The number of ether oxygens (including phenoxy) is 1. The summed E-state index contributed by atoms with van der Waals surface area (Å²) in [7, 11) is 1.55. The van der Waals surface area contributed by atoms with Crippen LogP contribution in [0.1, 0.15) is 13.8 Å². The zero-order chi connectivity index (χ0) is 9.84. The lowest BCUT2D eigenvalue weighted by Crippen LogP contribution is -2.34. The summed E-state index contributed by atoms with van der Waals surface area (Å²) in [4.78, 5) is 11.5. The van der Waals surface area contributed by atoms with E-state index in [0.717, 1.165) is 12.1 Å². The quantitative estimate of drug-likeness (QED) is 0.346. The van der Waals surface area contributed by atoms with Crippen molar-refractivity contribution in [2.24, 2.45) is 0 Å². The maximum absolute atomic E-state index is 11.5. The van der Waals surface area contributed by atoms with Gasteiger partial charge in [-0.3, -0.25) is 0 Å². The summed E-state index contributed by atoms with van der Waals surface area (Å²) in [5.74, 6) is -0.141. The van der Waals surface area contributed by atoms with E-state index in [1.807, 2.05) is 18.2 Å². The van der Waals surface area contributed by atoms with Crippen molar-refractivity contribution in [1.29, 1.82) is 0 Å². The van der Waals surface area contributed by atoms with Crippen LogP contribution < -0.4 is 0 Å². The smallest absolute Gasteiger partial charge is 0.328 e. The van der Waals surface area contributed by atoms with E-state index in [4.69, 9.17) is 4.74 Å². The lowest BCUT2D eigenvalue weighted by molar-refractivity contribution is -0.145. The van der Waals surface area contributed by atoms with E-state index in [-0.39, 0.29) is 12.0 Å². The topological polar surface area (TPSA) is 29.5 Å². The molecule has 0 N–H and O–H groups in total. The Bertz CT molecular complexity index is 232. The van der Waals surface area contributed by atoms with Crippen LogP contribution in [0, 0.1) is 0 Å². The first-order chi connectivity index (χ1) is 6.20. The fourth-order valence-corrected chi connectivity index (χ4v) is 2.90. The lowest BCUT2D eigenvalue weighted by atomic mass is 10.2. The van der Waals surface area contributed by atoms with Crippen LogP contribution in [0.15, 0.2) is 11.6 Å². The third kappa shape index (κ3) is 2.60. The van der Waals surface area contributed by atoms with Gasteiger partial charge < -0.3 is 4.74 Å². The molecule has 1 heterocycles. The molecule has 74 valence electrons. The number of nitrogens with zero attached hydrogens (tertiary/aromatic N) is 1. The van der Waals surface area contributed by atoms with Crippen molar-refractivity contribution < 1.29 is 9.53 Å². The predicted molar refractivity (Wildman–Crippen MR) is 62.5 cm³/mol. The van der Waals surface area contributed by atoms with Gasteiger partial charge in [0.2, 0.25) is 0 Å². The van der Waals surface area contributed by atoms with Crippen molar-refractivity contribution in [3.63, 3.8) is 0 Å². The highest BCUT2D eigenvalue weighted by Crippen LogP contribution is 2.30. The Morgan fingerprint density at radius 3 is 3.15 bits per heavy atom. The Balaban J connectivity index is 2.64. The fraction of sp³-hybridized carbons (Fsp3) is 0.625. The van der Waals surface area contributed by atoms with Crippen LogP contribution >= 0.6 is 30.3 Å². The second kappa shape index (κ2) is 5.21. The van der Waals surface area contributed by atoms with E-state index in [2.05, 4.69) is 27.3 Å². The van der Waals surface area contributed by atoms with Gasteiger partial charge in [-0.15, -0.1) is 0 Å². The number of hydrogen-bond donors (Lipinski definition) is 0. The first kappa shape index (κ1) is 11.3. The number of rotatable bonds is 3. The number of carbonyl (C=O) groups excluding carboxylic acids is 1. The van der Waals surface area contributed by atoms with Crippen LogP contribution in [-0.2, 0) is 9.53 Å². The Hall–Kier alpha value is 0.250. The van der Waals surface area contributed by atoms with Crippen molar-refractivity contribution in [2.75, 3.05) is 13.2 Å². The van der Waals surface area contributed by atoms with Gasteiger partial charge >= 0.3 is 5.97 Å². The first-order valence-corrected chi connectivity index (χ1v) is 7.41. The number of halogens is 1. The molecule has 1 aliphatic heterocycles. The molecule has 0 aromatic heterocycles. The SMILES string of the molecule is CCOC(=O)C1C(C)=CCN1SI. The van der Waals surface area contributed by atoms with Gasteiger partial charge in [-0.1, -0.05) is 6.08 Å². The van der Waals surface area contributed by atoms with Crippen LogP contribution in [0.4, 0.5) is 0 Å². The monoisotopic (exact) mass is 313 g/mol. The van der Waals surface area contributed by atoms with E-state index in [1.54, 1.807) is 9.12 Å². The van der Waals surface area contributed by atoms with Crippen LogP contribution in [0.2, 0.25) is 0 Å². The minimum atomic E-state index is -0.179. The highest BCUT2D eigenvalue weighted by Gasteiger charge is 2.32. The predicted octanol–water partition coefficient (Wildman–Crippen LogP) is 2.18. The molecule has 1 rings (SSSR count). The van der Waals surface area contributed by atoms with Gasteiger partial charge in [0.1, 0.15) is 6.04 Å². The lowest BCUT2D eigenvalue weighted by Gasteiger charge is -2.20. The summed E-state index contributed by atoms with van der Waals surface area (Å²) in [6, 6.07) is -0.179. The Labute approximate surface area is 94.6 Å². The average Bonchev–Trinajstić information content (AvgIpc) is 2.47. The molecule has 1 aliphatic rings. The normalized spacial score (nSPS) is 23.0. The second-order valence-corrected chi connectivity index (χ2v) is 4.56. The maximum atomic E-state index is 11.5. The largest absolute Gasteiger partial charge is 0.465 e. The molecular formula is C8H12INO2S. The molecule has 13 heavy (non-hydrogen) atoms. The minimum Gasteiger partial charge on any atom is -0.465 e. The van der Waals surface area contributed by atoms with Gasteiger partial charge in [0, 0.05) is 27.8 Å². The zero-order valence-electron chi connectivity index (χ0n) is 7.62. The van der Waals surface area contributed by atoms with Crippen LogP contribution in [0.5, 0.6) is 0 Å². The molecular weight excluding hydrogens is 301 g/mol. The molecule has 0 amide bonds. The van der Waals surface area contributed by atoms with E-state index in [9.17, 15) is 4.79 Å². The van der Waals surface area contributed by atoms with Gasteiger partial charge in [-0.25, -0.2) is 9.10 Å². The van der Waals surface area contributed by atoms with Gasteiger partial charge in [0.15, 0.2) is 0 Å². The van der Waals surface area contributed by atoms with E-state index < -0.39 is 0 Å². The number of carbonyl (C=O) groups is 1. The highest BCUT2D eigenvalue weighted by atomic mass is 127. The average molecular weight is 313 g/mol. The Morgan fingerprint density at radius 2 is 2.62 bits per heavy atom. The molecule has 3 nitrogen and oxygen atoms in total. The second-order valence-electron chi connectivity index (χ2n) is 2.77. The van der Waals surface area contributed by atoms with Gasteiger partial charge in [-0.2, -0.15) is 0 Å². The summed E-state index contributed by atoms with van der Waals surface area (Å²) >= 11 is 2.18. The molecule has 0 aromatic rings. The molecule has 0 aliphatic carbocycles. The van der Waals surface area contributed by atoms with Crippen molar-refractivity contribution in [3.05, 3.63) is 11.6 Å². The molecule has 0 saturated heterocycles. The first-order valence-electron chi connectivity index (χ1n) is 4.09. The van der Waals surface area contributed by atoms with Crippen molar-refractivity contribution in [2.45, 2.75) is 19.9 Å². The molecule has 0 aromatic carbocycles. The molecule has 0 spiro atoms. The Morgan fingerprint density at radius 1 is 1.92 bits per heavy atom. The summed E-state index contributed by atoms with van der Waals surface area (Å²) in [6.07, 6.45) is 2.06. The van der Waals surface area contributed by atoms with Crippen molar-refractivity contribution in [1.82, 2.24) is 4.31 Å². The summed E-state index contributed by atoms with van der Waals surface area (Å²) in [5, 5.41) is 0. The summed E-state index contributed by atoms with van der Waals surface area (Å²) in [6.45, 7) is 5.06. The van der Waals surface area contributed by atoms with Crippen LogP contribution in [-0.4, -0.2) is 29.5 Å². The minimum absolute atomic E-state index is 0.141. The molecule has 1 atom stereocenters. The van der Waals surface area contributed by atoms with Gasteiger partial charge in [0.05, 0.1) is 6.61 Å². The van der Waals surface area contributed by atoms with E-state index >= 15 is 0 Å². The van der Waals surface area contributed by atoms with Crippen LogP contribution in [0.25, 0.3) is 0 Å². The van der Waals surface area contributed by atoms with E-state index in [1.165, 1.54) is 0 Å². The van der Waals surface area contributed by atoms with Crippen LogP contribution in [0.3, 0.4) is 0 Å². The maximum Gasteiger partial charge on any atom is 0.328 e. The third-order valence-corrected chi connectivity index (χ3v) is 3.97. The zero-order valence-corrected chi connectivity index (χ0v) is 10.6. The fourth-order valence-electron chi connectivity index (χ4n) is 1.27. The highest BCUT2D eigenvalue weighted by molar-refractivity contribution is 14.2. The standard InChI is InChI=1S/C8H12INO2S/c1-3-12-8(11)7-6(2)4-5-10(7)13-9/h4,7H,3,5H2,1-2H3. The Kier molecular flexibility index (Phi) is 4.54. The van der Waals surface area contributed by atoms with Gasteiger partial charge in [0.25, 0.3) is 0 Å². The molecule has 1 unspecified atom stereocenters. The molecule has 5 heteroatoms. The molecule has 0 saturated carbocycles.